The molecule has 2 atom stereocenters. The average Bonchev–Trinajstić information content (AvgIpc) is 2.44. The van der Waals surface area contributed by atoms with Crippen LogP contribution in [0.25, 0.3) is 0 Å². The van der Waals surface area contributed by atoms with Crippen LogP contribution < -0.4 is 0 Å². The molecule has 130 valence electrons. The molecule has 0 spiro atoms. The Morgan fingerprint density at radius 1 is 1.39 bits per heavy atom. The molecule has 3 N–H and O–H groups in total. The zero-order valence-electron chi connectivity index (χ0n) is 15.1. The molecule has 0 unspecified atom stereocenters. The average molecular weight is 320 g/mol. The van der Waals surface area contributed by atoms with Crippen molar-refractivity contribution in [3.63, 3.8) is 0 Å². The number of rotatable bonds is 6. The zero-order chi connectivity index (χ0) is 17.7. The Morgan fingerprint density at radius 3 is 2.61 bits per heavy atom. The van der Waals surface area contributed by atoms with Crippen LogP contribution in [0.2, 0.25) is 0 Å². The molecule has 0 saturated heterocycles. The van der Waals surface area contributed by atoms with Gasteiger partial charge in [-0.25, -0.2) is 0 Å². The van der Waals surface area contributed by atoms with Gasteiger partial charge in [0.1, 0.15) is 11.7 Å². The maximum atomic E-state index is 9.98. The van der Waals surface area contributed by atoms with E-state index in [1.807, 2.05) is 13.0 Å². The van der Waals surface area contributed by atoms with Crippen LogP contribution in [0.3, 0.4) is 0 Å². The second-order valence-electron chi connectivity index (χ2n) is 7.46. The first-order chi connectivity index (χ1) is 10.6. The summed E-state index contributed by atoms with van der Waals surface area (Å²) in [5.41, 5.74) is 2.75. The van der Waals surface area contributed by atoms with Crippen LogP contribution in [0, 0.1) is 5.41 Å². The fraction of sp³-hybridized carbons (Fsp3) is 0.600. The number of aliphatic hydroxyl groups excluding tert-OH is 2. The monoisotopic (exact) mass is 320 g/mol. The first-order valence-electron chi connectivity index (χ1n) is 8.36. The minimum absolute atomic E-state index is 0.226. The van der Waals surface area contributed by atoms with Gasteiger partial charge in [-0.1, -0.05) is 55.4 Å². The first-order valence-corrected chi connectivity index (χ1v) is 8.36. The van der Waals surface area contributed by atoms with Gasteiger partial charge in [0.25, 0.3) is 0 Å². The van der Waals surface area contributed by atoms with Crippen LogP contribution in [-0.2, 0) is 0 Å². The summed E-state index contributed by atoms with van der Waals surface area (Å²) in [5, 5.41) is 28.4. The Balaban J connectivity index is 2.81. The lowest BCUT2D eigenvalue weighted by atomic mass is 9.72. The topological polar surface area (TPSA) is 60.7 Å². The summed E-state index contributed by atoms with van der Waals surface area (Å²) < 4.78 is 0. The van der Waals surface area contributed by atoms with E-state index in [9.17, 15) is 10.2 Å². The molecule has 23 heavy (non-hydrogen) atoms. The molecule has 0 aromatic carbocycles. The lowest BCUT2D eigenvalue weighted by Crippen LogP contribution is -2.39. The molecule has 1 aliphatic rings. The van der Waals surface area contributed by atoms with Gasteiger partial charge in [-0.2, -0.15) is 0 Å². The number of hydrogen-bond donors (Lipinski definition) is 3. The fourth-order valence-corrected chi connectivity index (χ4v) is 2.97. The molecule has 0 aliphatic heterocycles. The summed E-state index contributed by atoms with van der Waals surface area (Å²) in [6, 6.07) is 0. The fourth-order valence-electron chi connectivity index (χ4n) is 2.97. The highest BCUT2D eigenvalue weighted by molar-refractivity contribution is 5.36. The van der Waals surface area contributed by atoms with Crippen molar-refractivity contribution in [1.29, 1.82) is 0 Å². The summed E-state index contributed by atoms with van der Waals surface area (Å²) in [6.07, 6.45) is 11.9. The number of aliphatic hydroxyl groups is 3. The zero-order valence-corrected chi connectivity index (χ0v) is 15.1. The van der Waals surface area contributed by atoms with E-state index < -0.39 is 18.3 Å². The second-order valence-corrected chi connectivity index (χ2v) is 7.46. The van der Waals surface area contributed by atoms with E-state index in [4.69, 9.17) is 5.11 Å². The van der Waals surface area contributed by atoms with Crippen LogP contribution in [0.15, 0.2) is 47.1 Å². The highest BCUT2D eigenvalue weighted by atomic mass is 16.4. The smallest absolute Gasteiger partial charge is 0.109 e. The van der Waals surface area contributed by atoms with Crippen molar-refractivity contribution in [3.8, 4) is 0 Å². The Bertz CT molecular complexity index is 519. The highest BCUT2D eigenvalue weighted by Gasteiger charge is 2.27. The molecule has 0 bridgehead atoms. The predicted octanol–water partition coefficient (Wildman–Crippen LogP) is 3.68. The predicted molar refractivity (Wildman–Crippen MR) is 96.1 cm³/mol. The lowest BCUT2D eigenvalue weighted by molar-refractivity contribution is -0.0520. The van der Waals surface area contributed by atoms with E-state index in [2.05, 4.69) is 32.9 Å². The minimum atomic E-state index is -1.43. The molecule has 1 rings (SSSR count). The molecule has 3 heteroatoms. The molecule has 0 aromatic rings. The summed E-state index contributed by atoms with van der Waals surface area (Å²) in [7, 11) is 0. The third-order valence-corrected chi connectivity index (χ3v) is 4.70. The Morgan fingerprint density at radius 2 is 2.04 bits per heavy atom. The molecule has 0 radical (unpaired) electrons. The quantitative estimate of drug-likeness (QED) is 0.654. The van der Waals surface area contributed by atoms with E-state index in [0.29, 0.717) is 0 Å². The summed E-state index contributed by atoms with van der Waals surface area (Å²) in [6.45, 7) is 9.81. The molecule has 0 aromatic heterocycles. The van der Waals surface area contributed by atoms with Crippen LogP contribution in [0.1, 0.15) is 53.9 Å². The van der Waals surface area contributed by atoms with Gasteiger partial charge in [-0.05, 0) is 51.0 Å². The molecule has 0 heterocycles. The van der Waals surface area contributed by atoms with Crippen molar-refractivity contribution in [3.05, 3.63) is 47.1 Å². The molecule has 0 amide bonds. The maximum absolute atomic E-state index is 9.98. The first kappa shape index (κ1) is 19.9. The van der Waals surface area contributed by atoms with Gasteiger partial charge in [0, 0.05) is 0 Å². The van der Waals surface area contributed by atoms with Gasteiger partial charge in [-0.3, -0.25) is 0 Å². The van der Waals surface area contributed by atoms with Crippen LogP contribution in [0.4, 0.5) is 0 Å². The Kier molecular flexibility index (Phi) is 7.00. The second kappa shape index (κ2) is 8.09. The van der Waals surface area contributed by atoms with Crippen LogP contribution >= 0.6 is 0 Å². The normalized spacial score (nSPS) is 23.6. The standard InChI is InChI=1S/C20H32O3/c1-15(8-6-13-20(5,23)18(22)14-21)10-11-17-16(2)9-7-12-19(17,3)4/h6,8,10-11,13,18,21-23H,7,9,12,14H2,1-5H3/b11-10+,13-6+,15-8+/t18-,20+/m0/s1. The van der Waals surface area contributed by atoms with Crippen LogP contribution in [0.5, 0.6) is 0 Å². The largest absolute Gasteiger partial charge is 0.394 e. The van der Waals surface area contributed by atoms with E-state index in [1.54, 1.807) is 6.08 Å². The maximum Gasteiger partial charge on any atom is 0.109 e. The van der Waals surface area contributed by atoms with Gasteiger partial charge < -0.3 is 15.3 Å². The van der Waals surface area contributed by atoms with Gasteiger partial charge in [0.05, 0.1) is 6.61 Å². The number of allylic oxidation sites excluding steroid dienone is 7. The van der Waals surface area contributed by atoms with Gasteiger partial charge in [0.15, 0.2) is 0 Å². The molecular weight excluding hydrogens is 288 g/mol. The van der Waals surface area contributed by atoms with Crippen LogP contribution in [-0.4, -0.2) is 33.6 Å². The Hall–Kier alpha value is -1.16. The van der Waals surface area contributed by atoms with Crippen molar-refractivity contribution >= 4 is 0 Å². The molecule has 1 aliphatic carbocycles. The van der Waals surface area contributed by atoms with E-state index >= 15 is 0 Å². The summed E-state index contributed by atoms with van der Waals surface area (Å²) >= 11 is 0. The van der Waals surface area contributed by atoms with Crippen molar-refractivity contribution in [2.45, 2.75) is 65.6 Å². The number of hydrogen-bond acceptors (Lipinski definition) is 3. The molecule has 0 fully saturated rings. The Labute approximate surface area is 140 Å². The lowest BCUT2D eigenvalue weighted by Gasteiger charge is -2.32. The van der Waals surface area contributed by atoms with Crippen molar-refractivity contribution < 1.29 is 15.3 Å². The summed E-state index contributed by atoms with van der Waals surface area (Å²) in [4.78, 5) is 0. The third kappa shape index (κ3) is 5.76. The van der Waals surface area contributed by atoms with Crippen molar-refractivity contribution in [2.24, 2.45) is 5.41 Å². The third-order valence-electron chi connectivity index (χ3n) is 4.70. The highest BCUT2D eigenvalue weighted by Crippen LogP contribution is 2.40. The minimum Gasteiger partial charge on any atom is -0.394 e. The molecule has 0 saturated carbocycles. The van der Waals surface area contributed by atoms with E-state index in [0.717, 1.165) is 5.57 Å². The van der Waals surface area contributed by atoms with Gasteiger partial charge in [-0.15, -0.1) is 0 Å². The molecule has 3 nitrogen and oxygen atoms in total. The van der Waals surface area contributed by atoms with Crippen molar-refractivity contribution in [1.82, 2.24) is 0 Å². The van der Waals surface area contributed by atoms with E-state index in [-0.39, 0.29) is 5.41 Å². The summed E-state index contributed by atoms with van der Waals surface area (Å²) in [5.74, 6) is 0. The van der Waals surface area contributed by atoms with E-state index in [1.165, 1.54) is 43.4 Å². The SMILES string of the molecule is CC1=C(/C=C/C(C)=C/C=C/[C@@](C)(O)[C@@H](O)CO)C(C)(C)CCC1. The van der Waals surface area contributed by atoms with Crippen molar-refractivity contribution in [2.75, 3.05) is 6.61 Å². The van der Waals surface area contributed by atoms with Gasteiger partial charge in [0.2, 0.25) is 0 Å². The molecular formula is C20H32O3. The van der Waals surface area contributed by atoms with Gasteiger partial charge >= 0.3 is 0 Å².